The fourth-order valence-electron chi connectivity index (χ4n) is 2.41. The molecule has 1 aliphatic heterocycles. The summed E-state index contributed by atoms with van der Waals surface area (Å²) in [6.45, 7) is 6.95. The third-order valence-corrected chi connectivity index (χ3v) is 3.49. The van der Waals surface area contributed by atoms with Gasteiger partial charge in [-0.1, -0.05) is 12.1 Å². The number of carbonyl (C=O) groups is 1. The number of carbonyl (C=O) groups excluding carboxylic acids is 1. The Morgan fingerprint density at radius 1 is 1.29 bits per heavy atom. The lowest BCUT2D eigenvalue weighted by molar-refractivity contribution is -0.123. The van der Waals surface area contributed by atoms with Gasteiger partial charge in [0.15, 0.2) is 0 Å². The maximum Gasteiger partial charge on any atom is 0.237 e. The zero-order valence-electron chi connectivity index (χ0n) is 12.9. The summed E-state index contributed by atoms with van der Waals surface area (Å²) in [4.78, 5) is 12.0. The predicted molar refractivity (Wildman–Crippen MR) is 87.0 cm³/mol. The van der Waals surface area contributed by atoms with Crippen molar-refractivity contribution >= 4 is 18.3 Å². The Hall–Kier alpha value is -1.26. The van der Waals surface area contributed by atoms with Crippen LogP contribution in [0.5, 0.6) is 5.75 Å². The Morgan fingerprint density at radius 3 is 2.48 bits per heavy atom. The van der Waals surface area contributed by atoms with E-state index in [-0.39, 0.29) is 36.5 Å². The molecular formula is C16H25ClN2O2. The lowest BCUT2D eigenvalue weighted by Gasteiger charge is -2.18. The molecule has 0 saturated carbocycles. The third kappa shape index (κ3) is 5.21. The number of nitrogens with one attached hydrogen (secondary N) is 2. The van der Waals surface area contributed by atoms with E-state index >= 15 is 0 Å². The number of hydrogen-bond donors (Lipinski definition) is 2. The first-order valence-corrected chi connectivity index (χ1v) is 7.36. The summed E-state index contributed by atoms with van der Waals surface area (Å²) in [5.41, 5.74) is 1.09. The number of rotatable bonds is 5. The van der Waals surface area contributed by atoms with Crippen LogP contribution in [0.25, 0.3) is 0 Å². The lowest BCUT2D eigenvalue weighted by atomic mass is 10.1. The minimum Gasteiger partial charge on any atom is -0.491 e. The number of benzene rings is 1. The summed E-state index contributed by atoms with van der Waals surface area (Å²) in [5.74, 6) is 0.956. The van der Waals surface area contributed by atoms with E-state index in [1.54, 1.807) is 0 Å². The molecule has 4 nitrogen and oxygen atoms in total. The highest BCUT2D eigenvalue weighted by Crippen LogP contribution is 2.19. The van der Waals surface area contributed by atoms with E-state index in [9.17, 15) is 4.79 Å². The van der Waals surface area contributed by atoms with Gasteiger partial charge in [-0.3, -0.25) is 4.79 Å². The average Bonchev–Trinajstić information content (AvgIpc) is 2.92. The van der Waals surface area contributed by atoms with Gasteiger partial charge in [0.2, 0.25) is 5.91 Å². The smallest absolute Gasteiger partial charge is 0.237 e. The quantitative estimate of drug-likeness (QED) is 0.879. The van der Waals surface area contributed by atoms with E-state index in [2.05, 4.69) is 10.6 Å². The van der Waals surface area contributed by atoms with Crippen molar-refractivity contribution in [2.75, 3.05) is 6.54 Å². The van der Waals surface area contributed by atoms with Crippen LogP contribution in [-0.4, -0.2) is 24.6 Å². The highest BCUT2D eigenvalue weighted by atomic mass is 35.5. The average molecular weight is 313 g/mol. The maximum atomic E-state index is 12.0. The molecule has 1 amide bonds. The maximum absolute atomic E-state index is 12.0. The lowest BCUT2D eigenvalue weighted by Crippen LogP contribution is -2.41. The number of hydrogen-bond acceptors (Lipinski definition) is 3. The zero-order valence-corrected chi connectivity index (χ0v) is 13.7. The molecule has 1 aromatic rings. The molecule has 2 atom stereocenters. The normalized spacial score (nSPS) is 19.0. The molecule has 21 heavy (non-hydrogen) atoms. The van der Waals surface area contributed by atoms with Gasteiger partial charge in [0.25, 0.3) is 0 Å². The summed E-state index contributed by atoms with van der Waals surface area (Å²) in [5, 5.41) is 6.27. The van der Waals surface area contributed by atoms with E-state index in [1.807, 2.05) is 45.0 Å². The topological polar surface area (TPSA) is 50.4 Å². The molecule has 0 bridgehead atoms. The second-order valence-electron chi connectivity index (χ2n) is 5.61. The van der Waals surface area contributed by atoms with E-state index in [0.29, 0.717) is 0 Å². The van der Waals surface area contributed by atoms with Gasteiger partial charge in [0.05, 0.1) is 18.2 Å². The van der Waals surface area contributed by atoms with Crippen molar-refractivity contribution in [1.29, 1.82) is 0 Å². The van der Waals surface area contributed by atoms with E-state index in [4.69, 9.17) is 4.74 Å². The summed E-state index contributed by atoms with van der Waals surface area (Å²) < 4.78 is 5.61. The van der Waals surface area contributed by atoms with Crippen molar-refractivity contribution < 1.29 is 9.53 Å². The molecule has 1 unspecified atom stereocenters. The van der Waals surface area contributed by atoms with Crippen LogP contribution < -0.4 is 15.4 Å². The molecule has 1 heterocycles. The fraction of sp³-hybridized carbons (Fsp3) is 0.562. The van der Waals surface area contributed by atoms with Crippen LogP contribution in [0.4, 0.5) is 0 Å². The number of amides is 1. The van der Waals surface area contributed by atoms with E-state index in [0.717, 1.165) is 30.7 Å². The first-order valence-electron chi connectivity index (χ1n) is 7.36. The molecular weight excluding hydrogens is 288 g/mol. The molecule has 118 valence electrons. The summed E-state index contributed by atoms with van der Waals surface area (Å²) in [7, 11) is 0. The molecule has 0 spiro atoms. The molecule has 2 rings (SSSR count). The highest BCUT2D eigenvalue weighted by Gasteiger charge is 2.23. The molecule has 0 radical (unpaired) electrons. The minimum absolute atomic E-state index is 0. The molecule has 1 aromatic carbocycles. The largest absolute Gasteiger partial charge is 0.491 e. The molecule has 0 aliphatic carbocycles. The van der Waals surface area contributed by atoms with Crippen LogP contribution in [0.3, 0.4) is 0 Å². The van der Waals surface area contributed by atoms with Crippen LogP contribution >= 0.6 is 12.4 Å². The van der Waals surface area contributed by atoms with Crippen LogP contribution in [0.1, 0.15) is 45.2 Å². The minimum atomic E-state index is -0.0269. The van der Waals surface area contributed by atoms with Gasteiger partial charge in [0.1, 0.15) is 5.75 Å². The zero-order chi connectivity index (χ0) is 14.5. The highest BCUT2D eigenvalue weighted by molar-refractivity contribution is 5.85. The van der Waals surface area contributed by atoms with Gasteiger partial charge in [0, 0.05) is 0 Å². The molecule has 1 aliphatic rings. The summed E-state index contributed by atoms with van der Waals surface area (Å²) >= 11 is 0. The first-order chi connectivity index (χ1) is 9.56. The van der Waals surface area contributed by atoms with Crippen molar-refractivity contribution in [2.24, 2.45) is 0 Å². The van der Waals surface area contributed by atoms with Gasteiger partial charge >= 0.3 is 0 Å². The van der Waals surface area contributed by atoms with Crippen LogP contribution in [0.2, 0.25) is 0 Å². The van der Waals surface area contributed by atoms with E-state index < -0.39 is 0 Å². The predicted octanol–water partition coefficient (Wildman–Crippen LogP) is 2.82. The SMILES string of the molecule is CC(C)Oc1ccc(C(C)NC(=O)[C@@H]2CCCN2)cc1.Cl. The molecule has 5 heteroatoms. The fourth-order valence-corrected chi connectivity index (χ4v) is 2.41. The standard InChI is InChI=1S/C16H24N2O2.ClH/c1-11(2)20-14-8-6-13(7-9-14)12(3)18-16(19)15-5-4-10-17-15;/h6-9,11-12,15,17H,4-5,10H2,1-3H3,(H,18,19);1H/t12?,15-;/m0./s1. The van der Waals surface area contributed by atoms with Crippen molar-refractivity contribution in [1.82, 2.24) is 10.6 Å². The van der Waals surface area contributed by atoms with Gasteiger partial charge in [-0.05, 0) is 57.9 Å². The van der Waals surface area contributed by atoms with Gasteiger partial charge in [-0.15, -0.1) is 12.4 Å². The first kappa shape index (κ1) is 17.8. The molecule has 1 saturated heterocycles. The van der Waals surface area contributed by atoms with Crippen LogP contribution in [0.15, 0.2) is 24.3 Å². The summed E-state index contributed by atoms with van der Waals surface area (Å²) in [6.07, 6.45) is 2.18. The Kier molecular flexibility index (Phi) is 6.99. The molecule has 2 N–H and O–H groups in total. The Balaban J connectivity index is 0.00000220. The number of ether oxygens (including phenoxy) is 1. The van der Waals surface area contributed by atoms with Crippen LogP contribution in [-0.2, 0) is 4.79 Å². The van der Waals surface area contributed by atoms with Crippen molar-refractivity contribution in [3.63, 3.8) is 0 Å². The second-order valence-corrected chi connectivity index (χ2v) is 5.61. The van der Waals surface area contributed by atoms with Crippen molar-refractivity contribution in [3.8, 4) is 5.75 Å². The monoisotopic (exact) mass is 312 g/mol. The van der Waals surface area contributed by atoms with Crippen LogP contribution in [0, 0.1) is 0 Å². The van der Waals surface area contributed by atoms with E-state index in [1.165, 1.54) is 0 Å². The molecule has 0 aromatic heterocycles. The van der Waals surface area contributed by atoms with Gasteiger partial charge in [-0.25, -0.2) is 0 Å². The number of halogens is 1. The van der Waals surface area contributed by atoms with Crippen molar-refractivity contribution in [3.05, 3.63) is 29.8 Å². The Labute approximate surface area is 133 Å². The van der Waals surface area contributed by atoms with Crippen molar-refractivity contribution in [2.45, 2.75) is 51.8 Å². The second kappa shape index (κ2) is 8.25. The summed E-state index contributed by atoms with van der Waals surface area (Å²) in [6, 6.07) is 7.89. The Morgan fingerprint density at radius 2 is 1.95 bits per heavy atom. The Bertz CT molecular complexity index is 442. The van der Waals surface area contributed by atoms with Gasteiger partial charge in [-0.2, -0.15) is 0 Å². The third-order valence-electron chi connectivity index (χ3n) is 3.49. The van der Waals surface area contributed by atoms with Gasteiger partial charge < -0.3 is 15.4 Å². The molecule has 1 fully saturated rings.